The highest BCUT2D eigenvalue weighted by Gasteiger charge is 2.16. The number of rotatable bonds is 6. The fraction of sp³-hybridized carbons (Fsp3) is 0.333. The molecule has 8 nitrogen and oxygen atoms in total. The zero-order chi connectivity index (χ0) is 16.8. The first-order valence-electron chi connectivity index (χ1n) is 7.05. The molecule has 0 fully saturated rings. The van der Waals surface area contributed by atoms with Gasteiger partial charge in [-0.2, -0.15) is 0 Å². The van der Waals surface area contributed by atoms with Gasteiger partial charge in [0, 0.05) is 0 Å². The average Bonchev–Trinajstić information content (AvgIpc) is 3.04. The predicted octanol–water partition coefficient (Wildman–Crippen LogP) is 1.63. The van der Waals surface area contributed by atoms with E-state index in [2.05, 4.69) is 15.0 Å². The monoisotopic (exact) mass is 319 g/mol. The van der Waals surface area contributed by atoms with Gasteiger partial charge in [-0.1, -0.05) is 5.21 Å². The second-order valence-electron chi connectivity index (χ2n) is 4.38. The van der Waals surface area contributed by atoms with Gasteiger partial charge < -0.3 is 14.2 Å². The highest BCUT2D eigenvalue weighted by Crippen LogP contribution is 2.24. The van der Waals surface area contributed by atoms with Crippen LogP contribution in [0.25, 0.3) is 5.69 Å². The van der Waals surface area contributed by atoms with E-state index in [0.717, 1.165) is 0 Å². The van der Waals surface area contributed by atoms with Gasteiger partial charge in [-0.25, -0.2) is 14.3 Å². The Bertz CT molecular complexity index is 711. The molecule has 1 heterocycles. The van der Waals surface area contributed by atoms with Crippen molar-refractivity contribution in [3.05, 3.63) is 35.7 Å². The Labute approximate surface area is 133 Å². The van der Waals surface area contributed by atoms with Gasteiger partial charge in [-0.05, 0) is 32.0 Å². The maximum absolute atomic E-state index is 11.7. The van der Waals surface area contributed by atoms with Gasteiger partial charge in [0.15, 0.2) is 5.69 Å². The highest BCUT2D eigenvalue weighted by molar-refractivity contribution is 5.90. The van der Waals surface area contributed by atoms with Gasteiger partial charge >= 0.3 is 11.9 Å². The third-order valence-electron chi connectivity index (χ3n) is 2.91. The largest absolute Gasteiger partial charge is 0.492 e. The van der Waals surface area contributed by atoms with Gasteiger partial charge in [-0.3, -0.25) is 0 Å². The molecule has 0 atom stereocenters. The average molecular weight is 319 g/mol. The number of aromatic nitrogens is 3. The number of carbonyl (C=O) groups is 2. The van der Waals surface area contributed by atoms with Crippen LogP contribution in [0.1, 0.15) is 34.7 Å². The molecule has 0 radical (unpaired) electrons. The molecule has 122 valence electrons. The molecule has 1 aromatic carbocycles. The molecule has 23 heavy (non-hydrogen) atoms. The number of ether oxygens (including phenoxy) is 3. The van der Waals surface area contributed by atoms with Crippen molar-refractivity contribution in [3.63, 3.8) is 0 Å². The van der Waals surface area contributed by atoms with Crippen molar-refractivity contribution in [3.8, 4) is 11.4 Å². The van der Waals surface area contributed by atoms with Gasteiger partial charge in [0.05, 0.1) is 32.1 Å². The van der Waals surface area contributed by atoms with E-state index in [1.807, 2.05) is 6.92 Å². The van der Waals surface area contributed by atoms with Crippen molar-refractivity contribution in [2.75, 3.05) is 20.3 Å². The summed E-state index contributed by atoms with van der Waals surface area (Å²) in [4.78, 5) is 23.3. The molecule has 0 aliphatic heterocycles. The van der Waals surface area contributed by atoms with E-state index >= 15 is 0 Å². The number of esters is 2. The Morgan fingerprint density at radius 1 is 1.17 bits per heavy atom. The fourth-order valence-electron chi connectivity index (χ4n) is 1.90. The van der Waals surface area contributed by atoms with Crippen molar-refractivity contribution >= 4 is 11.9 Å². The van der Waals surface area contributed by atoms with E-state index in [-0.39, 0.29) is 12.3 Å². The van der Waals surface area contributed by atoms with E-state index in [1.54, 1.807) is 25.1 Å². The van der Waals surface area contributed by atoms with Crippen LogP contribution >= 0.6 is 0 Å². The van der Waals surface area contributed by atoms with Crippen molar-refractivity contribution in [1.82, 2.24) is 15.0 Å². The summed E-state index contributed by atoms with van der Waals surface area (Å²) in [7, 11) is 1.31. The highest BCUT2D eigenvalue weighted by atomic mass is 16.5. The predicted molar refractivity (Wildman–Crippen MR) is 79.8 cm³/mol. The Kier molecular flexibility index (Phi) is 5.29. The van der Waals surface area contributed by atoms with Crippen LogP contribution in [0.15, 0.2) is 24.4 Å². The first-order valence-corrected chi connectivity index (χ1v) is 7.05. The zero-order valence-electron chi connectivity index (χ0n) is 13.1. The molecule has 2 aromatic rings. The van der Waals surface area contributed by atoms with Crippen LogP contribution in [-0.4, -0.2) is 47.3 Å². The summed E-state index contributed by atoms with van der Waals surface area (Å²) in [6.45, 7) is 4.18. The Balaban J connectivity index is 2.38. The lowest BCUT2D eigenvalue weighted by Crippen LogP contribution is -2.06. The van der Waals surface area contributed by atoms with Crippen LogP contribution in [0.2, 0.25) is 0 Å². The second kappa shape index (κ2) is 7.39. The van der Waals surface area contributed by atoms with Crippen LogP contribution in [-0.2, 0) is 9.47 Å². The molecule has 0 bridgehead atoms. The van der Waals surface area contributed by atoms with E-state index in [9.17, 15) is 9.59 Å². The summed E-state index contributed by atoms with van der Waals surface area (Å²) < 4.78 is 16.5. The maximum Gasteiger partial charge on any atom is 0.360 e. The number of carbonyl (C=O) groups excluding carboxylic acids is 2. The van der Waals surface area contributed by atoms with Crippen LogP contribution in [0.5, 0.6) is 5.75 Å². The fourth-order valence-corrected chi connectivity index (χ4v) is 1.90. The summed E-state index contributed by atoms with van der Waals surface area (Å²) in [5.74, 6) is -0.595. The summed E-state index contributed by atoms with van der Waals surface area (Å²) in [5, 5.41) is 7.67. The van der Waals surface area contributed by atoms with Crippen LogP contribution in [0.4, 0.5) is 0 Å². The summed E-state index contributed by atoms with van der Waals surface area (Å²) in [6.07, 6.45) is 1.44. The standard InChI is InChI=1S/C15H17N3O5/c1-4-22-13-8-10(14(19)21-3)6-7-12(13)18-9-11(16-17-18)15(20)23-5-2/h6-9H,4-5H2,1-3H3. The Morgan fingerprint density at radius 2 is 1.96 bits per heavy atom. The molecule has 0 aliphatic carbocycles. The van der Waals surface area contributed by atoms with Crippen LogP contribution in [0, 0.1) is 0 Å². The maximum atomic E-state index is 11.7. The minimum absolute atomic E-state index is 0.0892. The quantitative estimate of drug-likeness (QED) is 0.747. The van der Waals surface area contributed by atoms with E-state index in [0.29, 0.717) is 23.6 Å². The lowest BCUT2D eigenvalue weighted by molar-refractivity contribution is 0.0518. The second-order valence-corrected chi connectivity index (χ2v) is 4.38. The molecular weight excluding hydrogens is 302 g/mol. The minimum atomic E-state index is -0.553. The molecule has 2 rings (SSSR count). The number of hydrogen-bond donors (Lipinski definition) is 0. The van der Waals surface area contributed by atoms with Crippen molar-refractivity contribution in [1.29, 1.82) is 0 Å². The Hall–Kier alpha value is -2.90. The molecule has 0 amide bonds. The molecule has 0 saturated carbocycles. The minimum Gasteiger partial charge on any atom is -0.492 e. The number of nitrogens with zero attached hydrogens (tertiary/aromatic N) is 3. The van der Waals surface area contributed by atoms with Crippen molar-refractivity contribution in [2.45, 2.75) is 13.8 Å². The number of methoxy groups -OCH3 is 1. The van der Waals surface area contributed by atoms with Gasteiger partial charge in [-0.15, -0.1) is 5.10 Å². The van der Waals surface area contributed by atoms with Crippen LogP contribution < -0.4 is 4.74 Å². The smallest absolute Gasteiger partial charge is 0.360 e. The number of hydrogen-bond acceptors (Lipinski definition) is 7. The molecule has 0 N–H and O–H groups in total. The molecule has 0 aliphatic rings. The molecule has 0 unspecified atom stereocenters. The molecule has 1 aromatic heterocycles. The first kappa shape index (κ1) is 16.5. The third-order valence-corrected chi connectivity index (χ3v) is 2.91. The zero-order valence-corrected chi connectivity index (χ0v) is 13.1. The lowest BCUT2D eigenvalue weighted by Gasteiger charge is -2.11. The van der Waals surface area contributed by atoms with E-state index in [4.69, 9.17) is 9.47 Å². The van der Waals surface area contributed by atoms with Gasteiger partial charge in [0.1, 0.15) is 11.4 Å². The Morgan fingerprint density at radius 3 is 2.61 bits per heavy atom. The van der Waals surface area contributed by atoms with Crippen molar-refractivity contribution in [2.24, 2.45) is 0 Å². The topological polar surface area (TPSA) is 92.5 Å². The molecule has 8 heteroatoms. The first-order chi connectivity index (χ1) is 11.1. The SMILES string of the molecule is CCOC(=O)c1cn(-c2ccc(C(=O)OC)cc2OCC)nn1. The normalized spacial score (nSPS) is 10.2. The third kappa shape index (κ3) is 3.65. The van der Waals surface area contributed by atoms with Gasteiger partial charge in [0.25, 0.3) is 0 Å². The van der Waals surface area contributed by atoms with E-state index in [1.165, 1.54) is 18.0 Å². The summed E-state index contributed by atoms with van der Waals surface area (Å²) in [6, 6.07) is 4.77. The van der Waals surface area contributed by atoms with Gasteiger partial charge in [0.2, 0.25) is 0 Å². The van der Waals surface area contributed by atoms with E-state index < -0.39 is 11.9 Å². The summed E-state index contributed by atoms with van der Waals surface area (Å²) >= 11 is 0. The van der Waals surface area contributed by atoms with Crippen LogP contribution in [0.3, 0.4) is 0 Å². The lowest BCUT2D eigenvalue weighted by atomic mass is 10.2. The summed E-state index contributed by atoms with van der Waals surface area (Å²) in [5.41, 5.74) is 0.985. The van der Waals surface area contributed by atoms with Crippen molar-refractivity contribution < 1.29 is 23.8 Å². The molecule has 0 spiro atoms. The molecule has 0 saturated heterocycles. The number of benzene rings is 1. The molecular formula is C15H17N3O5.